The van der Waals surface area contributed by atoms with Gasteiger partial charge in [0, 0.05) is 7.11 Å². The van der Waals surface area contributed by atoms with Gasteiger partial charge in [-0.2, -0.15) is 0 Å². The van der Waals surface area contributed by atoms with Crippen LogP contribution in [0.5, 0.6) is 0 Å². The normalized spacial score (nSPS) is 21.4. The fraction of sp³-hybridized carbons (Fsp3) is 1.00. The van der Waals surface area contributed by atoms with E-state index < -0.39 is 8.32 Å². The highest BCUT2D eigenvalue weighted by Crippen LogP contribution is 2.45. The second-order valence-electron chi connectivity index (χ2n) is 3.08. The summed E-state index contributed by atoms with van der Waals surface area (Å²) in [5.41, 5.74) is 0.979. The van der Waals surface area contributed by atoms with Gasteiger partial charge in [-0.25, -0.2) is 0 Å². The van der Waals surface area contributed by atoms with Gasteiger partial charge in [0.2, 0.25) is 0 Å². The highest BCUT2D eigenvalue weighted by atomic mass is 28.4. The fourth-order valence-electron chi connectivity index (χ4n) is 0.945. The first-order valence-corrected chi connectivity index (χ1v) is 6.20. The Morgan fingerprint density at radius 1 is 1.38 bits per heavy atom. The molecular formula is C6H14OSi. The first-order chi connectivity index (χ1) is 3.67. The standard InChI is InChI=1S/C6H14OSi/c1-7-8(2,3)6-4-5-6/h6H,4-5H2,1-3H3. The number of rotatable bonds is 2. The van der Waals surface area contributed by atoms with Crippen molar-refractivity contribution in [2.75, 3.05) is 7.11 Å². The Hall–Kier alpha value is 0.177. The van der Waals surface area contributed by atoms with Crippen molar-refractivity contribution in [2.24, 2.45) is 0 Å². The minimum Gasteiger partial charge on any atom is -0.420 e. The van der Waals surface area contributed by atoms with Crippen LogP contribution in [-0.4, -0.2) is 15.4 Å². The van der Waals surface area contributed by atoms with Crippen LogP contribution in [0.2, 0.25) is 18.6 Å². The Bertz CT molecular complexity index is 86.5. The van der Waals surface area contributed by atoms with Crippen LogP contribution in [-0.2, 0) is 4.43 Å². The van der Waals surface area contributed by atoms with Crippen molar-refractivity contribution in [1.29, 1.82) is 0 Å². The van der Waals surface area contributed by atoms with E-state index >= 15 is 0 Å². The molecule has 1 aliphatic carbocycles. The van der Waals surface area contributed by atoms with Gasteiger partial charge in [0.25, 0.3) is 0 Å². The molecule has 1 aliphatic rings. The third kappa shape index (κ3) is 1.12. The van der Waals surface area contributed by atoms with Gasteiger partial charge in [0.15, 0.2) is 8.32 Å². The van der Waals surface area contributed by atoms with Crippen LogP contribution in [0.1, 0.15) is 12.8 Å². The highest BCUT2D eigenvalue weighted by molar-refractivity contribution is 6.73. The van der Waals surface area contributed by atoms with Gasteiger partial charge in [-0.1, -0.05) is 12.8 Å². The average molecular weight is 130 g/mol. The predicted octanol–water partition coefficient (Wildman–Crippen LogP) is 2.00. The molecule has 0 aromatic rings. The topological polar surface area (TPSA) is 9.23 Å². The zero-order chi connectivity index (χ0) is 6.20. The molecule has 0 unspecified atom stereocenters. The first-order valence-electron chi connectivity index (χ1n) is 3.22. The molecule has 0 spiro atoms. The predicted molar refractivity (Wildman–Crippen MR) is 37.5 cm³/mol. The number of hydrogen-bond acceptors (Lipinski definition) is 1. The molecule has 1 saturated carbocycles. The highest BCUT2D eigenvalue weighted by Gasteiger charge is 2.40. The van der Waals surface area contributed by atoms with Crippen LogP contribution in [0.4, 0.5) is 0 Å². The summed E-state index contributed by atoms with van der Waals surface area (Å²) in [7, 11) is 0.708. The molecule has 2 heteroatoms. The minimum absolute atomic E-state index is 0.979. The molecule has 0 aliphatic heterocycles. The molecular weight excluding hydrogens is 116 g/mol. The molecule has 0 heterocycles. The molecule has 1 rings (SSSR count). The molecule has 8 heavy (non-hydrogen) atoms. The molecule has 0 aromatic heterocycles. The number of hydrogen-bond donors (Lipinski definition) is 0. The van der Waals surface area contributed by atoms with E-state index in [0.29, 0.717) is 0 Å². The molecule has 0 aromatic carbocycles. The van der Waals surface area contributed by atoms with Crippen molar-refractivity contribution in [1.82, 2.24) is 0 Å². The van der Waals surface area contributed by atoms with Gasteiger partial charge in [0.1, 0.15) is 0 Å². The van der Waals surface area contributed by atoms with Crippen LogP contribution < -0.4 is 0 Å². The van der Waals surface area contributed by atoms with Crippen LogP contribution in [0, 0.1) is 0 Å². The first kappa shape index (κ1) is 6.30. The summed E-state index contributed by atoms with van der Waals surface area (Å²) in [6.07, 6.45) is 2.85. The van der Waals surface area contributed by atoms with Crippen molar-refractivity contribution in [3.63, 3.8) is 0 Å². The van der Waals surface area contributed by atoms with E-state index in [0.717, 1.165) is 5.54 Å². The third-order valence-corrected chi connectivity index (χ3v) is 5.68. The Kier molecular flexibility index (Phi) is 1.45. The van der Waals surface area contributed by atoms with Gasteiger partial charge in [-0.15, -0.1) is 0 Å². The quantitative estimate of drug-likeness (QED) is 0.519. The second kappa shape index (κ2) is 1.85. The molecule has 0 radical (unpaired) electrons. The van der Waals surface area contributed by atoms with E-state index in [1.165, 1.54) is 12.8 Å². The molecule has 0 N–H and O–H groups in total. The maximum Gasteiger partial charge on any atom is 0.189 e. The van der Waals surface area contributed by atoms with Crippen LogP contribution in [0.15, 0.2) is 0 Å². The lowest BCUT2D eigenvalue weighted by Crippen LogP contribution is -2.28. The Morgan fingerprint density at radius 3 is 2.00 bits per heavy atom. The van der Waals surface area contributed by atoms with Crippen molar-refractivity contribution in [2.45, 2.75) is 31.5 Å². The summed E-state index contributed by atoms with van der Waals surface area (Å²) in [6, 6.07) is 0. The van der Waals surface area contributed by atoms with E-state index in [-0.39, 0.29) is 0 Å². The SMILES string of the molecule is CO[Si](C)(C)C1CC1. The van der Waals surface area contributed by atoms with Crippen LogP contribution in [0.25, 0.3) is 0 Å². The average Bonchev–Trinajstić information content (AvgIpc) is 2.44. The molecule has 0 saturated heterocycles. The largest absolute Gasteiger partial charge is 0.420 e. The lowest BCUT2D eigenvalue weighted by molar-refractivity contribution is 0.402. The Labute approximate surface area is 52.2 Å². The minimum atomic E-state index is -1.14. The monoisotopic (exact) mass is 130 g/mol. The van der Waals surface area contributed by atoms with Crippen molar-refractivity contribution < 1.29 is 4.43 Å². The summed E-state index contributed by atoms with van der Waals surface area (Å²) >= 11 is 0. The molecule has 0 bridgehead atoms. The summed E-state index contributed by atoms with van der Waals surface area (Å²) in [5, 5.41) is 0. The lowest BCUT2D eigenvalue weighted by atomic mass is 11.0. The fourth-order valence-corrected chi connectivity index (χ4v) is 2.84. The summed E-state index contributed by atoms with van der Waals surface area (Å²) < 4.78 is 5.40. The van der Waals surface area contributed by atoms with Gasteiger partial charge < -0.3 is 4.43 Å². The second-order valence-corrected chi connectivity index (χ2v) is 7.51. The van der Waals surface area contributed by atoms with Crippen molar-refractivity contribution >= 4 is 8.32 Å². The van der Waals surface area contributed by atoms with Gasteiger partial charge in [0.05, 0.1) is 0 Å². The Balaban J connectivity index is 2.37. The maximum absolute atomic E-state index is 5.40. The maximum atomic E-state index is 5.40. The van der Waals surface area contributed by atoms with Gasteiger partial charge in [-0.3, -0.25) is 0 Å². The lowest BCUT2D eigenvalue weighted by Gasteiger charge is -2.18. The van der Waals surface area contributed by atoms with E-state index in [4.69, 9.17) is 4.43 Å². The summed E-state index contributed by atoms with van der Waals surface area (Å²) in [6.45, 7) is 4.59. The molecule has 0 atom stereocenters. The summed E-state index contributed by atoms with van der Waals surface area (Å²) in [5.74, 6) is 0. The zero-order valence-corrected chi connectivity index (χ0v) is 6.90. The van der Waals surface area contributed by atoms with Crippen LogP contribution >= 0.6 is 0 Å². The smallest absolute Gasteiger partial charge is 0.189 e. The molecule has 0 amide bonds. The zero-order valence-electron chi connectivity index (χ0n) is 5.90. The van der Waals surface area contributed by atoms with Crippen molar-refractivity contribution in [3.8, 4) is 0 Å². The van der Waals surface area contributed by atoms with E-state index in [1.807, 2.05) is 7.11 Å². The molecule has 48 valence electrons. The molecule has 1 fully saturated rings. The van der Waals surface area contributed by atoms with Gasteiger partial charge in [-0.05, 0) is 18.6 Å². The van der Waals surface area contributed by atoms with E-state index in [9.17, 15) is 0 Å². The van der Waals surface area contributed by atoms with Crippen molar-refractivity contribution in [3.05, 3.63) is 0 Å². The van der Waals surface area contributed by atoms with E-state index in [2.05, 4.69) is 13.1 Å². The summed E-state index contributed by atoms with van der Waals surface area (Å²) in [4.78, 5) is 0. The van der Waals surface area contributed by atoms with Crippen LogP contribution in [0.3, 0.4) is 0 Å². The Morgan fingerprint density at radius 2 is 1.88 bits per heavy atom. The third-order valence-electron chi connectivity index (χ3n) is 2.09. The molecule has 1 nitrogen and oxygen atoms in total. The van der Waals surface area contributed by atoms with E-state index in [1.54, 1.807) is 0 Å². The van der Waals surface area contributed by atoms with Gasteiger partial charge >= 0.3 is 0 Å².